The fourth-order valence-corrected chi connectivity index (χ4v) is 2.99. The van der Waals surface area contributed by atoms with Gasteiger partial charge >= 0.3 is 0 Å². The van der Waals surface area contributed by atoms with E-state index in [2.05, 4.69) is 30.2 Å². The maximum atomic E-state index is 9.49. The van der Waals surface area contributed by atoms with Gasteiger partial charge in [-0.2, -0.15) is 0 Å². The number of benzene rings is 1. The normalized spacial score (nSPS) is 10.9. The molecule has 20 heavy (non-hydrogen) atoms. The Morgan fingerprint density at radius 2 is 2.05 bits per heavy atom. The Kier molecular flexibility index (Phi) is 3.38. The number of aryl methyl sites for hydroxylation is 1. The van der Waals surface area contributed by atoms with Gasteiger partial charge < -0.3 is 5.11 Å². The molecule has 5 heteroatoms. The molecule has 0 amide bonds. The van der Waals surface area contributed by atoms with Crippen LogP contribution >= 0.6 is 11.3 Å². The van der Waals surface area contributed by atoms with E-state index in [0.29, 0.717) is 5.69 Å². The van der Waals surface area contributed by atoms with Crippen LogP contribution < -0.4 is 0 Å². The summed E-state index contributed by atoms with van der Waals surface area (Å²) in [7, 11) is 0. The summed E-state index contributed by atoms with van der Waals surface area (Å²) in [4.78, 5) is 1.06. The lowest BCUT2D eigenvalue weighted by Crippen LogP contribution is -2.02. The van der Waals surface area contributed by atoms with Crippen LogP contribution in [0.3, 0.4) is 0 Å². The second-order valence-electron chi connectivity index (χ2n) is 4.65. The van der Waals surface area contributed by atoms with E-state index < -0.39 is 0 Å². The topological polar surface area (TPSA) is 50.9 Å². The highest BCUT2D eigenvalue weighted by Gasteiger charge is 2.17. The molecule has 0 aliphatic rings. The Bertz CT molecular complexity index is 732. The molecule has 0 aliphatic heterocycles. The smallest absolute Gasteiger partial charge is 0.117 e. The molecule has 2 aromatic heterocycles. The Labute approximate surface area is 121 Å². The predicted octanol–water partition coefficient (Wildman–Crippen LogP) is 3.10. The first-order chi connectivity index (χ1) is 9.72. The average Bonchev–Trinajstić information content (AvgIpc) is 3.09. The quantitative estimate of drug-likeness (QED) is 0.804. The third-order valence-corrected chi connectivity index (χ3v) is 4.33. The highest BCUT2D eigenvalue weighted by molar-refractivity contribution is 7.13. The molecule has 0 unspecified atom stereocenters. The van der Waals surface area contributed by atoms with Gasteiger partial charge in [0.15, 0.2) is 0 Å². The summed E-state index contributed by atoms with van der Waals surface area (Å²) in [5.41, 5.74) is 4.85. The molecule has 0 radical (unpaired) electrons. The highest BCUT2D eigenvalue weighted by atomic mass is 32.1. The van der Waals surface area contributed by atoms with Crippen molar-refractivity contribution in [2.75, 3.05) is 0 Å². The Morgan fingerprint density at radius 1 is 1.20 bits per heavy atom. The molecule has 3 rings (SSSR count). The van der Waals surface area contributed by atoms with Gasteiger partial charge in [0.2, 0.25) is 0 Å². The monoisotopic (exact) mass is 285 g/mol. The van der Waals surface area contributed by atoms with Crippen molar-refractivity contribution in [3.63, 3.8) is 0 Å². The van der Waals surface area contributed by atoms with Gasteiger partial charge in [-0.05, 0) is 42.5 Å². The van der Waals surface area contributed by atoms with E-state index in [1.54, 1.807) is 11.3 Å². The zero-order valence-electron chi connectivity index (χ0n) is 11.4. The Balaban J connectivity index is 2.25. The van der Waals surface area contributed by atoms with Gasteiger partial charge in [0.1, 0.15) is 11.4 Å². The summed E-state index contributed by atoms with van der Waals surface area (Å²) in [6.07, 6.45) is 0. The fourth-order valence-electron chi connectivity index (χ4n) is 2.21. The molecule has 0 bridgehead atoms. The number of aliphatic hydroxyl groups is 1. The van der Waals surface area contributed by atoms with Gasteiger partial charge in [-0.1, -0.05) is 23.4 Å². The van der Waals surface area contributed by atoms with Crippen molar-refractivity contribution in [1.82, 2.24) is 15.0 Å². The highest BCUT2D eigenvalue weighted by Crippen LogP contribution is 2.30. The number of hydrogen-bond acceptors (Lipinski definition) is 4. The fraction of sp³-hybridized carbons (Fsp3) is 0.200. The molecule has 0 spiro atoms. The minimum atomic E-state index is -0.113. The first-order valence-corrected chi connectivity index (χ1v) is 7.26. The average molecular weight is 285 g/mol. The molecular formula is C15H15N3OS. The third-order valence-electron chi connectivity index (χ3n) is 3.45. The number of hydrogen-bond donors (Lipinski definition) is 1. The van der Waals surface area contributed by atoms with Crippen LogP contribution in [-0.4, -0.2) is 20.1 Å². The lowest BCUT2D eigenvalue weighted by atomic mass is 10.1. The van der Waals surface area contributed by atoms with Crippen LogP contribution in [-0.2, 0) is 6.61 Å². The summed E-state index contributed by atoms with van der Waals surface area (Å²) < 4.78 is 1.82. The van der Waals surface area contributed by atoms with E-state index in [0.717, 1.165) is 16.3 Å². The van der Waals surface area contributed by atoms with Crippen LogP contribution in [0.2, 0.25) is 0 Å². The predicted molar refractivity (Wildman–Crippen MR) is 80.1 cm³/mol. The SMILES string of the molecule is Cc1cccc(-n2nnc(CO)c2-c2cccs2)c1C. The molecule has 3 aromatic rings. The van der Waals surface area contributed by atoms with Crippen molar-refractivity contribution in [3.8, 4) is 16.3 Å². The maximum Gasteiger partial charge on any atom is 0.117 e. The molecule has 1 N–H and O–H groups in total. The lowest BCUT2D eigenvalue weighted by Gasteiger charge is -2.10. The zero-order chi connectivity index (χ0) is 14.1. The molecule has 0 aliphatic carbocycles. The molecule has 1 aromatic carbocycles. The van der Waals surface area contributed by atoms with E-state index >= 15 is 0 Å². The van der Waals surface area contributed by atoms with E-state index in [9.17, 15) is 5.11 Å². The minimum absolute atomic E-state index is 0.113. The van der Waals surface area contributed by atoms with Crippen molar-refractivity contribution >= 4 is 11.3 Å². The van der Waals surface area contributed by atoms with Gasteiger partial charge in [-0.15, -0.1) is 16.4 Å². The van der Waals surface area contributed by atoms with Crippen molar-refractivity contribution < 1.29 is 5.11 Å². The standard InChI is InChI=1S/C15H15N3OS/c1-10-5-3-6-13(11(10)2)18-15(12(9-19)16-17-18)14-7-4-8-20-14/h3-8,19H,9H2,1-2H3. The second kappa shape index (κ2) is 5.19. The molecule has 4 nitrogen and oxygen atoms in total. The van der Waals surface area contributed by atoms with Crippen LogP contribution in [0.5, 0.6) is 0 Å². The summed E-state index contributed by atoms with van der Waals surface area (Å²) in [5.74, 6) is 0. The van der Waals surface area contributed by atoms with Gasteiger partial charge in [-0.25, -0.2) is 4.68 Å². The van der Waals surface area contributed by atoms with Gasteiger partial charge in [-0.3, -0.25) is 0 Å². The molecule has 102 valence electrons. The van der Waals surface area contributed by atoms with Crippen molar-refractivity contribution in [1.29, 1.82) is 0 Å². The van der Waals surface area contributed by atoms with Crippen LogP contribution in [0.1, 0.15) is 16.8 Å². The van der Waals surface area contributed by atoms with Crippen molar-refractivity contribution in [2.24, 2.45) is 0 Å². The van der Waals surface area contributed by atoms with Gasteiger partial charge in [0, 0.05) is 0 Å². The molecule has 0 saturated carbocycles. The number of aromatic nitrogens is 3. The van der Waals surface area contributed by atoms with E-state index in [1.165, 1.54) is 11.1 Å². The Hall–Kier alpha value is -1.98. The van der Waals surface area contributed by atoms with Crippen LogP contribution in [0.15, 0.2) is 35.7 Å². The van der Waals surface area contributed by atoms with Crippen LogP contribution in [0, 0.1) is 13.8 Å². The minimum Gasteiger partial charge on any atom is -0.390 e. The summed E-state index contributed by atoms with van der Waals surface area (Å²) >= 11 is 1.62. The number of rotatable bonds is 3. The maximum absolute atomic E-state index is 9.49. The number of thiophene rings is 1. The van der Waals surface area contributed by atoms with E-state index in [-0.39, 0.29) is 6.61 Å². The summed E-state index contributed by atoms with van der Waals surface area (Å²) in [5, 5.41) is 19.8. The second-order valence-corrected chi connectivity index (χ2v) is 5.60. The molecule has 0 atom stereocenters. The van der Waals surface area contributed by atoms with Crippen molar-refractivity contribution in [2.45, 2.75) is 20.5 Å². The molecule has 0 fully saturated rings. The third kappa shape index (κ3) is 2.05. The lowest BCUT2D eigenvalue weighted by molar-refractivity contribution is 0.277. The zero-order valence-corrected chi connectivity index (χ0v) is 12.2. The van der Waals surface area contributed by atoms with Gasteiger partial charge in [0.25, 0.3) is 0 Å². The number of aliphatic hydroxyl groups excluding tert-OH is 1. The molecular weight excluding hydrogens is 270 g/mol. The van der Waals surface area contributed by atoms with Crippen LogP contribution in [0.4, 0.5) is 0 Å². The first-order valence-electron chi connectivity index (χ1n) is 6.38. The van der Waals surface area contributed by atoms with E-state index in [1.807, 2.05) is 34.3 Å². The number of nitrogens with zero attached hydrogens (tertiary/aromatic N) is 3. The molecule has 0 saturated heterocycles. The van der Waals surface area contributed by atoms with Crippen molar-refractivity contribution in [3.05, 3.63) is 52.5 Å². The first kappa shape index (κ1) is 13.0. The molecule has 2 heterocycles. The largest absolute Gasteiger partial charge is 0.390 e. The van der Waals surface area contributed by atoms with Gasteiger partial charge in [0.05, 0.1) is 17.2 Å². The summed E-state index contributed by atoms with van der Waals surface area (Å²) in [6, 6.07) is 10.1. The summed E-state index contributed by atoms with van der Waals surface area (Å²) in [6.45, 7) is 4.04. The Morgan fingerprint density at radius 3 is 2.75 bits per heavy atom. The van der Waals surface area contributed by atoms with Crippen LogP contribution in [0.25, 0.3) is 16.3 Å². The van der Waals surface area contributed by atoms with E-state index in [4.69, 9.17) is 0 Å².